The Morgan fingerprint density at radius 1 is 1.50 bits per heavy atom. The van der Waals surface area contributed by atoms with Crippen molar-refractivity contribution in [3.8, 4) is 0 Å². The van der Waals surface area contributed by atoms with Gasteiger partial charge in [0, 0.05) is 32.4 Å². The zero-order valence-electron chi connectivity index (χ0n) is 11.6. The second-order valence-corrected chi connectivity index (χ2v) is 4.42. The average molecular weight is 274 g/mol. The van der Waals surface area contributed by atoms with Gasteiger partial charge in [0.05, 0.1) is 24.0 Å². The lowest BCUT2D eigenvalue weighted by atomic mass is 10.1. The quantitative estimate of drug-likeness (QED) is 0.637. The maximum absolute atomic E-state index is 11.4. The van der Waals surface area contributed by atoms with Gasteiger partial charge in [0.1, 0.15) is 5.82 Å². The number of nitrogens with two attached hydrogens (primary N) is 1. The Hall–Kier alpha value is -2.50. The molecule has 0 atom stereocenters. The highest BCUT2D eigenvalue weighted by Crippen LogP contribution is 2.20. The van der Waals surface area contributed by atoms with Crippen LogP contribution in [0.1, 0.15) is 16.2 Å². The zero-order chi connectivity index (χ0) is 14.5. The van der Waals surface area contributed by atoms with Crippen LogP contribution in [-0.2, 0) is 18.2 Å². The van der Waals surface area contributed by atoms with Gasteiger partial charge in [0.25, 0.3) is 0 Å². The van der Waals surface area contributed by atoms with E-state index in [4.69, 9.17) is 5.73 Å². The lowest BCUT2D eigenvalue weighted by Crippen LogP contribution is -2.10. The molecule has 6 heteroatoms. The second kappa shape index (κ2) is 6.10. The first kappa shape index (κ1) is 13.9. The van der Waals surface area contributed by atoms with Gasteiger partial charge in [0.2, 0.25) is 0 Å². The van der Waals surface area contributed by atoms with Crippen LogP contribution in [0.25, 0.3) is 0 Å². The number of nitrogen functional groups attached to an aromatic ring is 1. The molecule has 0 spiro atoms. The number of nitrogens with zero attached hydrogens (tertiary/aromatic N) is 2. The standard InChI is InChI=1S/C14H18N4O2/c1-18-8-7-17-13(18)5-6-16-12-4-3-10(9-11(12)15)14(19)20-2/h3-4,7-9,16H,5-6,15H2,1-2H3. The third-order valence-electron chi connectivity index (χ3n) is 3.06. The molecule has 1 heterocycles. The summed E-state index contributed by atoms with van der Waals surface area (Å²) < 4.78 is 6.63. The predicted molar refractivity (Wildman–Crippen MR) is 77.6 cm³/mol. The molecular formula is C14H18N4O2. The van der Waals surface area contributed by atoms with Crippen molar-refractivity contribution in [1.82, 2.24) is 9.55 Å². The van der Waals surface area contributed by atoms with E-state index in [-0.39, 0.29) is 0 Å². The van der Waals surface area contributed by atoms with Crippen LogP contribution in [0.5, 0.6) is 0 Å². The summed E-state index contributed by atoms with van der Waals surface area (Å²) in [5.41, 5.74) is 7.68. The number of aryl methyl sites for hydroxylation is 1. The molecular weight excluding hydrogens is 256 g/mol. The number of rotatable bonds is 5. The maximum atomic E-state index is 11.4. The van der Waals surface area contributed by atoms with Gasteiger partial charge < -0.3 is 20.4 Å². The molecule has 0 bridgehead atoms. The van der Waals surface area contributed by atoms with E-state index in [2.05, 4.69) is 15.0 Å². The van der Waals surface area contributed by atoms with Crippen molar-refractivity contribution in [2.75, 3.05) is 24.7 Å². The molecule has 1 aromatic heterocycles. The van der Waals surface area contributed by atoms with Gasteiger partial charge in [-0.1, -0.05) is 0 Å². The summed E-state index contributed by atoms with van der Waals surface area (Å²) in [5.74, 6) is 0.610. The molecule has 6 nitrogen and oxygen atoms in total. The molecule has 0 unspecified atom stereocenters. The van der Waals surface area contributed by atoms with Crippen LogP contribution in [-0.4, -0.2) is 29.2 Å². The van der Waals surface area contributed by atoms with Gasteiger partial charge in [0.15, 0.2) is 0 Å². The summed E-state index contributed by atoms with van der Waals surface area (Å²) >= 11 is 0. The van der Waals surface area contributed by atoms with Crippen LogP contribution >= 0.6 is 0 Å². The van der Waals surface area contributed by atoms with Crippen LogP contribution in [0.2, 0.25) is 0 Å². The van der Waals surface area contributed by atoms with Crippen molar-refractivity contribution >= 4 is 17.3 Å². The molecule has 0 amide bonds. The fraction of sp³-hybridized carbons (Fsp3) is 0.286. The SMILES string of the molecule is COC(=O)c1ccc(NCCc2nccn2C)c(N)c1. The minimum absolute atomic E-state index is 0.392. The van der Waals surface area contributed by atoms with Crippen LogP contribution < -0.4 is 11.1 Å². The number of anilines is 2. The summed E-state index contributed by atoms with van der Waals surface area (Å²) in [6.07, 6.45) is 4.48. The number of hydrogen-bond donors (Lipinski definition) is 2. The van der Waals surface area contributed by atoms with E-state index in [1.807, 2.05) is 17.8 Å². The number of imidazole rings is 1. The first-order chi connectivity index (χ1) is 9.61. The third-order valence-corrected chi connectivity index (χ3v) is 3.06. The monoisotopic (exact) mass is 274 g/mol. The van der Waals surface area contributed by atoms with Crippen molar-refractivity contribution in [1.29, 1.82) is 0 Å². The Labute approximate surface area is 117 Å². The Morgan fingerprint density at radius 2 is 2.30 bits per heavy atom. The fourth-order valence-corrected chi connectivity index (χ4v) is 1.91. The van der Waals surface area contributed by atoms with E-state index < -0.39 is 5.97 Å². The lowest BCUT2D eigenvalue weighted by Gasteiger charge is -2.10. The van der Waals surface area contributed by atoms with Gasteiger partial charge in [-0.25, -0.2) is 9.78 Å². The minimum Gasteiger partial charge on any atom is -0.465 e. The van der Waals surface area contributed by atoms with Gasteiger partial charge in [-0.2, -0.15) is 0 Å². The summed E-state index contributed by atoms with van der Waals surface area (Å²) in [4.78, 5) is 15.6. The molecule has 0 fully saturated rings. The topological polar surface area (TPSA) is 82.2 Å². The molecule has 2 aromatic rings. The number of aromatic nitrogens is 2. The number of methoxy groups -OCH3 is 1. The molecule has 1 aromatic carbocycles. The van der Waals surface area contributed by atoms with E-state index in [1.165, 1.54) is 7.11 Å². The molecule has 20 heavy (non-hydrogen) atoms. The van der Waals surface area contributed by atoms with E-state index in [1.54, 1.807) is 24.4 Å². The highest BCUT2D eigenvalue weighted by atomic mass is 16.5. The third kappa shape index (κ3) is 3.09. The molecule has 0 aliphatic heterocycles. The molecule has 0 saturated carbocycles. The fourth-order valence-electron chi connectivity index (χ4n) is 1.91. The zero-order valence-corrected chi connectivity index (χ0v) is 11.6. The van der Waals surface area contributed by atoms with Crippen LogP contribution in [0.15, 0.2) is 30.6 Å². The van der Waals surface area contributed by atoms with Crippen LogP contribution in [0.4, 0.5) is 11.4 Å². The molecule has 3 N–H and O–H groups in total. The summed E-state index contributed by atoms with van der Waals surface area (Å²) in [6, 6.07) is 5.07. The molecule has 0 saturated heterocycles. The largest absolute Gasteiger partial charge is 0.465 e. The molecule has 2 rings (SSSR count). The average Bonchev–Trinajstić information content (AvgIpc) is 2.85. The Morgan fingerprint density at radius 3 is 2.90 bits per heavy atom. The van der Waals surface area contributed by atoms with Crippen LogP contribution in [0, 0.1) is 0 Å². The van der Waals surface area contributed by atoms with E-state index in [0.717, 1.165) is 17.9 Å². The summed E-state index contributed by atoms with van der Waals surface area (Å²) in [6.45, 7) is 0.715. The van der Waals surface area contributed by atoms with E-state index >= 15 is 0 Å². The van der Waals surface area contributed by atoms with Crippen LogP contribution in [0.3, 0.4) is 0 Å². The van der Waals surface area contributed by atoms with E-state index in [0.29, 0.717) is 17.8 Å². The number of hydrogen-bond acceptors (Lipinski definition) is 5. The summed E-state index contributed by atoms with van der Waals surface area (Å²) in [5, 5.41) is 3.23. The maximum Gasteiger partial charge on any atom is 0.337 e. The van der Waals surface area contributed by atoms with Gasteiger partial charge in [-0.3, -0.25) is 0 Å². The Bertz CT molecular complexity index is 607. The van der Waals surface area contributed by atoms with Crippen molar-refractivity contribution in [3.63, 3.8) is 0 Å². The first-order valence-electron chi connectivity index (χ1n) is 6.29. The van der Waals surface area contributed by atoms with E-state index in [9.17, 15) is 4.79 Å². The second-order valence-electron chi connectivity index (χ2n) is 4.42. The van der Waals surface area contributed by atoms with Crippen molar-refractivity contribution in [2.24, 2.45) is 7.05 Å². The van der Waals surface area contributed by atoms with Crippen molar-refractivity contribution < 1.29 is 9.53 Å². The number of benzene rings is 1. The van der Waals surface area contributed by atoms with Gasteiger partial charge in [-0.15, -0.1) is 0 Å². The predicted octanol–water partition coefficient (Wildman–Crippen LogP) is 1.44. The number of ether oxygens (including phenoxy) is 1. The number of carbonyl (C=O) groups is 1. The lowest BCUT2D eigenvalue weighted by molar-refractivity contribution is 0.0601. The van der Waals surface area contributed by atoms with Gasteiger partial charge in [-0.05, 0) is 18.2 Å². The van der Waals surface area contributed by atoms with Crippen molar-refractivity contribution in [2.45, 2.75) is 6.42 Å². The molecule has 106 valence electrons. The molecule has 0 aliphatic carbocycles. The molecule has 0 radical (unpaired) electrons. The normalized spacial score (nSPS) is 10.3. The van der Waals surface area contributed by atoms with Crippen molar-refractivity contribution in [3.05, 3.63) is 42.0 Å². The first-order valence-corrected chi connectivity index (χ1v) is 6.29. The summed E-state index contributed by atoms with van der Waals surface area (Å²) in [7, 11) is 3.30. The minimum atomic E-state index is -0.392. The number of carbonyl (C=O) groups excluding carboxylic acids is 1. The number of esters is 1. The Kier molecular flexibility index (Phi) is 4.24. The highest BCUT2D eigenvalue weighted by Gasteiger charge is 2.08. The van der Waals surface area contributed by atoms with Gasteiger partial charge >= 0.3 is 5.97 Å². The Balaban J connectivity index is 1.96. The number of nitrogens with one attached hydrogen (secondary N) is 1. The molecule has 0 aliphatic rings. The smallest absolute Gasteiger partial charge is 0.337 e. The highest BCUT2D eigenvalue weighted by molar-refractivity contribution is 5.91.